The smallest absolute Gasteiger partial charge is 0.0678 e. The van der Waals surface area contributed by atoms with Crippen LogP contribution in [0.25, 0.3) is 0 Å². The number of anilines is 2. The molecule has 0 aromatic heterocycles. The summed E-state index contributed by atoms with van der Waals surface area (Å²) in [6, 6.07) is 6.65. The molecule has 2 unspecified atom stereocenters. The fraction of sp³-hybridized carbons (Fsp3) is 0.538. The summed E-state index contributed by atoms with van der Waals surface area (Å²) in [5.41, 5.74) is 10.7. The van der Waals surface area contributed by atoms with Gasteiger partial charge in [0.05, 0.1) is 10.7 Å². The van der Waals surface area contributed by atoms with Crippen molar-refractivity contribution in [2.75, 3.05) is 11.2 Å². The number of piperidine rings is 1. The van der Waals surface area contributed by atoms with Gasteiger partial charge in [-0.3, -0.25) is 0 Å². The van der Waals surface area contributed by atoms with E-state index in [-0.39, 0.29) is 0 Å². The molecular formula is C13H20ClN3. The Morgan fingerprint density at radius 1 is 1.29 bits per heavy atom. The van der Waals surface area contributed by atoms with E-state index in [2.05, 4.69) is 24.3 Å². The molecule has 3 nitrogen and oxygen atoms in total. The normalized spacial score (nSPS) is 25.8. The molecule has 2 rings (SSSR count). The highest BCUT2D eigenvalue weighted by atomic mass is 35.5. The van der Waals surface area contributed by atoms with Gasteiger partial charge in [0, 0.05) is 17.8 Å². The summed E-state index contributed by atoms with van der Waals surface area (Å²) in [7, 11) is 0. The third-order valence-electron chi connectivity index (χ3n) is 3.44. The van der Waals surface area contributed by atoms with Crippen molar-refractivity contribution in [3.63, 3.8) is 0 Å². The molecule has 0 aliphatic carbocycles. The van der Waals surface area contributed by atoms with E-state index in [4.69, 9.17) is 17.3 Å². The van der Waals surface area contributed by atoms with Gasteiger partial charge in [0.1, 0.15) is 0 Å². The van der Waals surface area contributed by atoms with Crippen LogP contribution in [0.15, 0.2) is 18.2 Å². The highest BCUT2D eigenvalue weighted by Gasteiger charge is 2.24. The summed E-state index contributed by atoms with van der Waals surface area (Å²) in [5.74, 6) is 0. The molecule has 2 atom stereocenters. The van der Waals surface area contributed by atoms with Gasteiger partial charge in [-0.05, 0) is 44.9 Å². The first-order chi connectivity index (χ1) is 8.08. The Morgan fingerprint density at radius 3 is 2.53 bits per heavy atom. The summed E-state index contributed by atoms with van der Waals surface area (Å²) in [6.07, 6.45) is 3.75. The zero-order chi connectivity index (χ0) is 12.4. The van der Waals surface area contributed by atoms with Gasteiger partial charge in [-0.1, -0.05) is 18.0 Å². The number of hydrazine groups is 1. The van der Waals surface area contributed by atoms with E-state index in [9.17, 15) is 0 Å². The first-order valence-corrected chi connectivity index (χ1v) is 6.55. The number of benzene rings is 1. The van der Waals surface area contributed by atoms with Gasteiger partial charge in [-0.2, -0.15) is 0 Å². The van der Waals surface area contributed by atoms with Crippen LogP contribution in [0.4, 0.5) is 11.4 Å². The van der Waals surface area contributed by atoms with Crippen molar-refractivity contribution >= 4 is 23.0 Å². The van der Waals surface area contributed by atoms with E-state index in [1.807, 2.05) is 12.1 Å². The van der Waals surface area contributed by atoms with Crippen LogP contribution in [0.3, 0.4) is 0 Å². The number of halogens is 1. The number of nitrogens with two attached hydrogens (primary N) is 1. The van der Waals surface area contributed by atoms with E-state index >= 15 is 0 Å². The second-order valence-electron chi connectivity index (χ2n) is 4.89. The average Bonchev–Trinajstić information content (AvgIpc) is 2.26. The predicted molar refractivity (Wildman–Crippen MR) is 74.1 cm³/mol. The van der Waals surface area contributed by atoms with Crippen LogP contribution in [0, 0.1) is 0 Å². The number of hydrogen-bond donors (Lipinski definition) is 2. The lowest BCUT2D eigenvalue weighted by Crippen LogP contribution is -2.47. The minimum Gasteiger partial charge on any atom is -0.399 e. The van der Waals surface area contributed by atoms with Crippen LogP contribution in [-0.4, -0.2) is 17.1 Å². The highest BCUT2D eigenvalue weighted by Crippen LogP contribution is 2.28. The van der Waals surface area contributed by atoms with Gasteiger partial charge in [0.25, 0.3) is 0 Å². The first kappa shape index (κ1) is 12.5. The quantitative estimate of drug-likeness (QED) is 0.793. The third-order valence-corrected chi connectivity index (χ3v) is 3.75. The molecular weight excluding hydrogens is 234 g/mol. The Hall–Kier alpha value is -0.930. The van der Waals surface area contributed by atoms with Gasteiger partial charge >= 0.3 is 0 Å². The van der Waals surface area contributed by atoms with Gasteiger partial charge in [-0.15, -0.1) is 0 Å². The molecule has 0 saturated carbocycles. The van der Waals surface area contributed by atoms with E-state index in [0.29, 0.717) is 22.8 Å². The van der Waals surface area contributed by atoms with E-state index in [0.717, 1.165) is 5.69 Å². The molecule has 1 aliphatic heterocycles. The molecule has 1 heterocycles. The van der Waals surface area contributed by atoms with Crippen LogP contribution in [-0.2, 0) is 0 Å². The fourth-order valence-electron chi connectivity index (χ4n) is 2.40. The molecule has 3 N–H and O–H groups in total. The molecule has 0 amide bonds. The molecule has 1 aromatic rings. The molecule has 0 bridgehead atoms. The third kappa shape index (κ3) is 2.85. The van der Waals surface area contributed by atoms with Gasteiger partial charge < -0.3 is 11.2 Å². The number of nitrogens with one attached hydrogen (secondary N) is 1. The Balaban J connectivity index is 2.13. The molecule has 0 radical (unpaired) electrons. The van der Waals surface area contributed by atoms with Crippen molar-refractivity contribution in [3.05, 3.63) is 23.2 Å². The maximum Gasteiger partial charge on any atom is 0.0678 e. The number of nitrogen functional groups attached to an aromatic ring is 1. The molecule has 1 fully saturated rings. The Morgan fingerprint density at radius 2 is 1.94 bits per heavy atom. The lowest BCUT2D eigenvalue weighted by atomic mass is 10.00. The highest BCUT2D eigenvalue weighted by molar-refractivity contribution is 6.33. The molecule has 1 aromatic carbocycles. The van der Waals surface area contributed by atoms with Crippen LogP contribution in [0.5, 0.6) is 0 Å². The lowest BCUT2D eigenvalue weighted by molar-refractivity contribution is 0.136. The lowest BCUT2D eigenvalue weighted by Gasteiger charge is -2.39. The Labute approximate surface area is 108 Å². The topological polar surface area (TPSA) is 41.3 Å². The number of rotatable bonds is 2. The van der Waals surface area contributed by atoms with E-state index < -0.39 is 0 Å². The molecule has 1 aliphatic rings. The summed E-state index contributed by atoms with van der Waals surface area (Å²) in [4.78, 5) is 0. The van der Waals surface area contributed by atoms with Gasteiger partial charge in [0.2, 0.25) is 0 Å². The number of nitrogens with zero attached hydrogens (tertiary/aromatic N) is 1. The van der Waals surface area contributed by atoms with Crippen LogP contribution in [0.2, 0.25) is 5.02 Å². The average molecular weight is 254 g/mol. The minimum absolute atomic E-state index is 0.535. The fourth-order valence-corrected chi connectivity index (χ4v) is 2.63. The van der Waals surface area contributed by atoms with Crippen molar-refractivity contribution in [2.24, 2.45) is 0 Å². The maximum atomic E-state index is 6.18. The molecule has 4 heteroatoms. The number of hydrogen-bond acceptors (Lipinski definition) is 3. The molecule has 94 valence electrons. The van der Waals surface area contributed by atoms with Gasteiger partial charge in [0.15, 0.2) is 0 Å². The minimum atomic E-state index is 0.535. The van der Waals surface area contributed by atoms with Crippen molar-refractivity contribution in [2.45, 2.75) is 45.2 Å². The van der Waals surface area contributed by atoms with E-state index in [1.165, 1.54) is 19.3 Å². The molecule has 1 saturated heterocycles. The maximum absolute atomic E-state index is 6.18. The Bertz CT molecular complexity index is 384. The molecule has 0 spiro atoms. The Kier molecular flexibility index (Phi) is 3.79. The van der Waals surface area contributed by atoms with Crippen molar-refractivity contribution in [3.8, 4) is 0 Å². The summed E-state index contributed by atoms with van der Waals surface area (Å²) in [6.45, 7) is 4.49. The second kappa shape index (κ2) is 5.15. The standard InChI is InChI=1S/C13H20ClN3/c1-9-4-3-5-10(2)17(9)16-13-7-6-11(15)8-12(13)14/h6-10,16H,3-5,15H2,1-2H3. The SMILES string of the molecule is CC1CCCC(C)N1Nc1ccc(N)cc1Cl. The monoisotopic (exact) mass is 253 g/mol. The van der Waals surface area contributed by atoms with E-state index in [1.54, 1.807) is 6.07 Å². The first-order valence-electron chi connectivity index (χ1n) is 6.18. The molecule has 17 heavy (non-hydrogen) atoms. The summed E-state index contributed by atoms with van der Waals surface area (Å²) < 4.78 is 0. The van der Waals surface area contributed by atoms with Crippen molar-refractivity contribution in [1.29, 1.82) is 0 Å². The zero-order valence-electron chi connectivity index (χ0n) is 10.4. The largest absolute Gasteiger partial charge is 0.399 e. The second-order valence-corrected chi connectivity index (χ2v) is 5.29. The summed E-state index contributed by atoms with van der Waals surface area (Å²) in [5, 5.41) is 2.97. The van der Waals surface area contributed by atoms with Crippen LogP contribution < -0.4 is 11.2 Å². The van der Waals surface area contributed by atoms with Crippen molar-refractivity contribution < 1.29 is 0 Å². The van der Waals surface area contributed by atoms with Gasteiger partial charge in [-0.25, -0.2) is 5.01 Å². The zero-order valence-corrected chi connectivity index (χ0v) is 11.2. The summed E-state index contributed by atoms with van der Waals surface area (Å²) >= 11 is 6.18. The van der Waals surface area contributed by atoms with Crippen molar-refractivity contribution in [1.82, 2.24) is 5.01 Å². The predicted octanol–water partition coefficient (Wildman–Crippen LogP) is 3.51. The van der Waals surface area contributed by atoms with Crippen LogP contribution in [0.1, 0.15) is 33.1 Å². The van der Waals surface area contributed by atoms with Crippen LogP contribution >= 0.6 is 11.6 Å².